The number of likely N-dealkylation sites (N-methyl/N-ethyl adjacent to an activating group) is 1. The smallest absolute Gasteiger partial charge is 0.335 e. The summed E-state index contributed by atoms with van der Waals surface area (Å²) in [5, 5.41) is 3.37. The molecular formula is C39H47N9O3. The molecule has 0 atom stereocenters. The Labute approximate surface area is 300 Å². The molecule has 0 unspecified atom stereocenters. The first-order chi connectivity index (χ1) is 24.7. The van der Waals surface area contributed by atoms with Crippen LogP contribution in [0.2, 0.25) is 0 Å². The number of aromatic nitrogens is 2. The van der Waals surface area contributed by atoms with E-state index in [2.05, 4.69) is 51.3 Å². The van der Waals surface area contributed by atoms with E-state index in [-0.39, 0.29) is 11.9 Å². The Hall–Kier alpha value is -5.20. The number of benzene rings is 3. The van der Waals surface area contributed by atoms with E-state index < -0.39 is 0 Å². The summed E-state index contributed by atoms with van der Waals surface area (Å²) < 4.78 is 5.97. The van der Waals surface area contributed by atoms with E-state index in [0.29, 0.717) is 55.9 Å². The molecule has 4 heterocycles. The molecule has 12 heteroatoms. The lowest BCUT2D eigenvalue weighted by Gasteiger charge is -2.38. The molecule has 1 aromatic heterocycles. The summed E-state index contributed by atoms with van der Waals surface area (Å²) in [5.74, 6) is 1.55. The average molecular weight is 690 g/mol. The van der Waals surface area contributed by atoms with Crippen LogP contribution in [-0.4, -0.2) is 103 Å². The highest BCUT2D eigenvalue weighted by atomic mass is 16.5. The molecule has 4 aromatic rings. The molecule has 0 bridgehead atoms. The summed E-state index contributed by atoms with van der Waals surface area (Å²) in [4.78, 5) is 48.7. The molecule has 0 aliphatic carbocycles. The Morgan fingerprint density at radius 2 is 1.61 bits per heavy atom. The lowest BCUT2D eigenvalue weighted by Crippen LogP contribution is -2.48. The molecule has 7 rings (SSSR count). The van der Waals surface area contributed by atoms with Crippen LogP contribution in [0.3, 0.4) is 0 Å². The molecule has 2 fully saturated rings. The fourth-order valence-corrected chi connectivity index (χ4v) is 7.25. The van der Waals surface area contributed by atoms with Gasteiger partial charge in [-0.05, 0) is 61.9 Å². The number of urea groups is 1. The minimum absolute atomic E-state index is 0.0902. The maximum absolute atomic E-state index is 14.7. The maximum atomic E-state index is 14.7. The van der Waals surface area contributed by atoms with Gasteiger partial charge in [-0.2, -0.15) is 4.98 Å². The molecular weight excluding hydrogens is 642 g/mol. The lowest BCUT2D eigenvalue weighted by molar-refractivity contribution is -0.129. The molecule has 51 heavy (non-hydrogen) atoms. The van der Waals surface area contributed by atoms with Crippen molar-refractivity contribution in [2.75, 3.05) is 86.5 Å². The normalized spacial score (nSPS) is 17.1. The van der Waals surface area contributed by atoms with Gasteiger partial charge in [-0.25, -0.2) is 14.7 Å². The van der Waals surface area contributed by atoms with Crippen molar-refractivity contribution in [3.05, 3.63) is 89.1 Å². The third-order valence-corrected chi connectivity index (χ3v) is 10.2. The maximum Gasteiger partial charge on any atom is 0.335 e. The van der Waals surface area contributed by atoms with Crippen molar-refractivity contribution in [1.29, 1.82) is 0 Å². The Kier molecular flexibility index (Phi) is 9.79. The summed E-state index contributed by atoms with van der Waals surface area (Å²) in [6, 6.07) is 20.1. The van der Waals surface area contributed by atoms with Crippen molar-refractivity contribution >= 4 is 46.5 Å². The van der Waals surface area contributed by atoms with Crippen molar-refractivity contribution in [2.45, 2.75) is 33.9 Å². The van der Waals surface area contributed by atoms with Gasteiger partial charge in [-0.15, -0.1) is 0 Å². The largest absolute Gasteiger partial charge is 0.494 e. The Morgan fingerprint density at radius 1 is 0.902 bits per heavy atom. The van der Waals surface area contributed by atoms with Crippen LogP contribution in [-0.2, 0) is 17.9 Å². The number of hydrogen-bond acceptors (Lipinski definition) is 9. The number of aryl methyl sites for hydroxylation is 2. The summed E-state index contributed by atoms with van der Waals surface area (Å²) in [6.07, 6.45) is 1.81. The van der Waals surface area contributed by atoms with Gasteiger partial charge in [0.25, 0.3) is 0 Å². The monoisotopic (exact) mass is 689 g/mol. The number of ether oxygens (including phenoxy) is 1. The van der Waals surface area contributed by atoms with Crippen molar-refractivity contribution < 1.29 is 14.3 Å². The minimum Gasteiger partial charge on any atom is -0.494 e. The van der Waals surface area contributed by atoms with Crippen molar-refractivity contribution in [1.82, 2.24) is 24.7 Å². The zero-order valence-electron chi connectivity index (χ0n) is 30.2. The molecule has 266 valence electrons. The number of nitrogens with zero attached hydrogens (tertiary/aromatic N) is 8. The predicted octanol–water partition coefficient (Wildman–Crippen LogP) is 5.54. The van der Waals surface area contributed by atoms with Crippen molar-refractivity contribution in [3.8, 4) is 5.75 Å². The molecule has 12 nitrogen and oxygen atoms in total. The van der Waals surface area contributed by atoms with Gasteiger partial charge in [-0.1, -0.05) is 30.3 Å². The van der Waals surface area contributed by atoms with Crippen LogP contribution in [0.25, 0.3) is 0 Å². The van der Waals surface area contributed by atoms with Gasteiger partial charge in [0.15, 0.2) is 5.82 Å². The van der Waals surface area contributed by atoms with Gasteiger partial charge in [0.2, 0.25) is 11.9 Å². The first-order valence-electron chi connectivity index (χ1n) is 17.7. The topological polar surface area (TPSA) is 101 Å². The molecule has 2 saturated heterocycles. The number of anilines is 6. The van der Waals surface area contributed by atoms with Crippen LogP contribution in [0.15, 0.2) is 66.9 Å². The van der Waals surface area contributed by atoms with E-state index >= 15 is 0 Å². The van der Waals surface area contributed by atoms with Crippen LogP contribution in [0.5, 0.6) is 5.75 Å². The van der Waals surface area contributed by atoms with Gasteiger partial charge >= 0.3 is 6.03 Å². The number of hydrogen-bond donors (Lipinski definition) is 1. The first kappa shape index (κ1) is 34.3. The van der Waals surface area contributed by atoms with Crippen LogP contribution >= 0.6 is 0 Å². The number of amides is 3. The number of rotatable bonds is 8. The van der Waals surface area contributed by atoms with E-state index in [1.54, 1.807) is 23.8 Å². The Bertz CT molecular complexity index is 1880. The van der Waals surface area contributed by atoms with E-state index in [0.717, 1.165) is 66.5 Å². The molecule has 0 radical (unpaired) electrons. The van der Waals surface area contributed by atoms with Gasteiger partial charge in [-0.3, -0.25) is 14.6 Å². The predicted molar refractivity (Wildman–Crippen MR) is 202 cm³/mol. The van der Waals surface area contributed by atoms with E-state index in [1.807, 2.05) is 61.3 Å². The van der Waals surface area contributed by atoms with Gasteiger partial charge in [0.05, 0.1) is 25.0 Å². The number of carbonyl (C=O) groups is 2. The zero-order valence-corrected chi connectivity index (χ0v) is 30.2. The van der Waals surface area contributed by atoms with Crippen molar-refractivity contribution in [2.24, 2.45) is 0 Å². The molecule has 0 saturated carbocycles. The quantitative estimate of drug-likeness (QED) is 0.256. The highest BCUT2D eigenvalue weighted by molar-refractivity contribution is 6.11. The van der Waals surface area contributed by atoms with Gasteiger partial charge < -0.3 is 24.8 Å². The van der Waals surface area contributed by atoms with Crippen LogP contribution in [0, 0.1) is 13.8 Å². The number of nitrogens with one attached hydrogen (secondary N) is 1. The first-order valence-corrected chi connectivity index (χ1v) is 17.7. The number of para-hydroxylation sites is 1. The molecule has 3 aliphatic rings. The average Bonchev–Trinajstić information content (AvgIpc) is 3.13. The number of carbonyl (C=O) groups excluding carboxylic acids is 2. The Balaban J connectivity index is 1.20. The van der Waals surface area contributed by atoms with E-state index in [9.17, 15) is 9.59 Å². The number of fused-ring (bicyclic) bond motifs is 1. The zero-order chi connectivity index (χ0) is 35.6. The third-order valence-electron chi connectivity index (χ3n) is 10.2. The second-order valence-corrected chi connectivity index (χ2v) is 13.7. The lowest BCUT2D eigenvalue weighted by atomic mass is 10.1. The fraction of sp³-hybridized carbons (Fsp3) is 0.385. The molecule has 3 aromatic carbocycles. The molecule has 0 spiro atoms. The SMILES string of the molecule is COc1cc(N2CCN(C(C)=O)CC2)ccc1N1C(=O)N(c2c(C)cccc2C)Cc2cnc(Nc3ccc(CN4CCN(C)CC4)cc3)nc21. The van der Waals surface area contributed by atoms with Gasteiger partial charge in [0, 0.05) is 95.0 Å². The Morgan fingerprint density at radius 3 is 2.27 bits per heavy atom. The van der Waals surface area contributed by atoms with Crippen molar-refractivity contribution in [3.63, 3.8) is 0 Å². The van der Waals surface area contributed by atoms with E-state index in [1.165, 1.54) is 5.56 Å². The van der Waals surface area contributed by atoms with Gasteiger partial charge in [0.1, 0.15) is 5.75 Å². The molecule has 3 aliphatic heterocycles. The molecule has 3 amide bonds. The molecule has 1 N–H and O–H groups in total. The summed E-state index contributed by atoms with van der Waals surface area (Å²) >= 11 is 0. The third kappa shape index (κ3) is 7.19. The number of piperazine rings is 2. The number of methoxy groups -OCH3 is 1. The van der Waals surface area contributed by atoms with Crippen LogP contribution < -0.4 is 24.8 Å². The summed E-state index contributed by atoms with van der Waals surface area (Å²) in [7, 11) is 3.79. The second kappa shape index (κ2) is 14.6. The highest BCUT2D eigenvalue weighted by Gasteiger charge is 2.37. The second-order valence-electron chi connectivity index (χ2n) is 13.7. The highest BCUT2D eigenvalue weighted by Crippen LogP contribution is 2.43. The van der Waals surface area contributed by atoms with Crippen LogP contribution in [0.4, 0.5) is 39.3 Å². The van der Waals surface area contributed by atoms with Crippen LogP contribution in [0.1, 0.15) is 29.2 Å². The summed E-state index contributed by atoms with van der Waals surface area (Å²) in [5.41, 5.74) is 7.39. The van der Waals surface area contributed by atoms with E-state index in [4.69, 9.17) is 14.7 Å². The minimum atomic E-state index is -0.223. The standard InChI is InChI=1S/C39H47N9O3/c1-27-7-6-8-28(2)36(27)47-26-31-24-40-38(41-32-11-9-30(10-12-32)25-44-17-15-43(4)16-18-44)42-37(31)48(39(47)50)34-14-13-33(23-35(34)51-5)46-21-19-45(20-22-46)29(3)49/h6-14,23-24H,15-22,25-26H2,1-5H3,(H,40,41,42). The fourth-order valence-electron chi connectivity index (χ4n) is 7.25. The summed E-state index contributed by atoms with van der Waals surface area (Å²) in [6.45, 7) is 14.0.